The number of H-pyrrole nitrogens is 1. The summed E-state index contributed by atoms with van der Waals surface area (Å²) in [5.74, 6) is -9.26. The molecule has 0 saturated heterocycles. The smallest absolute Gasteiger partial charge is 0.293 e. The van der Waals surface area contributed by atoms with E-state index >= 15 is 8.78 Å². The van der Waals surface area contributed by atoms with E-state index in [4.69, 9.17) is 11.6 Å². The van der Waals surface area contributed by atoms with Crippen LogP contribution in [0.1, 0.15) is 83.1 Å². The molecule has 3 N–H and O–H groups in total. The molecule has 3 aliphatic carbocycles. The van der Waals surface area contributed by atoms with E-state index in [0.29, 0.717) is 29.1 Å². The number of fused-ring (bicyclic) bond motifs is 4. The van der Waals surface area contributed by atoms with Crippen LogP contribution in [0.5, 0.6) is 0 Å². The summed E-state index contributed by atoms with van der Waals surface area (Å²) in [5.41, 5.74) is -0.794. The molecular formula is C35H28ClF6N7O4S. The zero-order chi connectivity index (χ0) is 38.5. The molecule has 3 atom stereocenters. The molecule has 3 aliphatic rings. The first-order chi connectivity index (χ1) is 25.5. The number of carbonyl (C=O) groups is 2. The van der Waals surface area contributed by atoms with Gasteiger partial charge in [0, 0.05) is 23.1 Å². The highest BCUT2D eigenvalue weighted by molar-refractivity contribution is 7.91. The van der Waals surface area contributed by atoms with Crippen molar-refractivity contribution in [1.82, 2.24) is 35.0 Å². The summed E-state index contributed by atoms with van der Waals surface area (Å²) in [4.78, 5) is 31.7. The van der Waals surface area contributed by atoms with Crippen molar-refractivity contribution in [3.63, 3.8) is 0 Å². The van der Waals surface area contributed by atoms with Gasteiger partial charge in [-0.2, -0.15) is 19.0 Å². The molecule has 0 bridgehead atoms. The number of hydrogen-bond donors (Lipinski definition) is 3. The van der Waals surface area contributed by atoms with E-state index in [1.165, 1.54) is 31.3 Å². The molecule has 19 heteroatoms. The number of amides is 2. The Bertz CT molecular complexity index is 2480. The Kier molecular flexibility index (Phi) is 8.37. The Morgan fingerprint density at radius 1 is 1.07 bits per heavy atom. The molecule has 3 aromatic heterocycles. The van der Waals surface area contributed by atoms with Crippen LogP contribution in [0.4, 0.5) is 26.3 Å². The normalized spacial score (nSPS) is 19.7. The highest BCUT2D eigenvalue weighted by atomic mass is 35.5. The third-order valence-electron chi connectivity index (χ3n) is 10.3. The minimum atomic E-state index is -4.06. The number of nitrogens with zero attached hydrogens (tertiary/aromatic N) is 4. The van der Waals surface area contributed by atoms with Crippen LogP contribution in [0.15, 0.2) is 48.7 Å². The molecule has 2 amide bonds. The lowest BCUT2D eigenvalue weighted by molar-refractivity contribution is -0.123. The third-order valence-corrected chi connectivity index (χ3v) is 12.8. The number of aromatic nitrogens is 5. The van der Waals surface area contributed by atoms with Gasteiger partial charge in [-0.05, 0) is 80.0 Å². The Balaban J connectivity index is 1.19. The lowest BCUT2D eigenvalue weighted by atomic mass is 9.94. The summed E-state index contributed by atoms with van der Waals surface area (Å²) in [5, 5.41) is 13.0. The predicted octanol–water partition coefficient (Wildman–Crippen LogP) is 6.61. The Morgan fingerprint density at radius 2 is 1.80 bits per heavy atom. The Labute approximate surface area is 307 Å². The number of alkyl halides is 4. The molecule has 0 radical (unpaired) electrons. The summed E-state index contributed by atoms with van der Waals surface area (Å²) in [7, 11) is -4.06. The first kappa shape index (κ1) is 36.0. The molecule has 5 aromatic rings. The van der Waals surface area contributed by atoms with Gasteiger partial charge in [0.05, 0.1) is 38.8 Å². The Morgan fingerprint density at radius 3 is 2.48 bits per heavy atom. The van der Waals surface area contributed by atoms with Crippen LogP contribution in [0.2, 0.25) is 5.02 Å². The van der Waals surface area contributed by atoms with Gasteiger partial charge >= 0.3 is 0 Å². The van der Waals surface area contributed by atoms with Crippen LogP contribution < -0.4 is 10.0 Å². The molecule has 11 nitrogen and oxygen atoms in total. The van der Waals surface area contributed by atoms with Crippen LogP contribution >= 0.6 is 11.6 Å². The quantitative estimate of drug-likeness (QED) is 0.127. The highest BCUT2D eigenvalue weighted by Crippen LogP contribution is 2.68. The molecule has 3 heterocycles. The van der Waals surface area contributed by atoms with E-state index in [1.54, 1.807) is 6.07 Å². The fourth-order valence-electron chi connectivity index (χ4n) is 7.14. The Hall–Kier alpha value is -4.97. The van der Waals surface area contributed by atoms with Crippen molar-refractivity contribution in [3.8, 4) is 11.1 Å². The van der Waals surface area contributed by atoms with Gasteiger partial charge in [0.25, 0.3) is 18.3 Å². The summed E-state index contributed by atoms with van der Waals surface area (Å²) >= 11 is 6.37. The molecule has 8 rings (SSSR count). The molecule has 2 fully saturated rings. The number of halogens is 7. The number of carbonyl (C=O) groups excluding carboxylic acids is 2. The molecule has 0 spiro atoms. The number of benzene rings is 2. The van der Waals surface area contributed by atoms with E-state index in [-0.39, 0.29) is 56.9 Å². The number of rotatable bonds is 11. The largest absolute Gasteiger partial charge is 0.346 e. The molecule has 54 heavy (non-hydrogen) atoms. The fraction of sp³-hybridized carbons (Fsp3) is 0.343. The van der Waals surface area contributed by atoms with Crippen molar-refractivity contribution >= 4 is 44.5 Å². The lowest BCUT2D eigenvalue weighted by Crippen LogP contribution is -2.38. The molecular weight excluding hydrogens is 764 g/mol. The lowest BCUT2D eigenvalue weighted by Gasteiger charge is -2.23. The zero-order valence-electron chi connectivity index (χ0n) is 27.9. The average Bonchev–Trinajstić information content (AvgIpc) is 3.94. The molecule has 2 saturated carbocycles. The minimum absolute atomic E-state index is 0.0259. The fourth-order valence-corrected chi connectivity index (χ4v) is 8.58. The summed E-state index contributed by atoms with van der Waals surface area (Å²) in [6.07, 6.45) is -1.36. The van der Waals surface area contributed by atoms with Crippen molar-refractivity contribution in [2.24, 2.45) is 5.92 Å². The standard InChI is InChI=1S/C35H28ClF6N7O4S/c1-34(4-5-34)54(52,53)48-33(51)21-9-16(2-3-23(21)36)19-12-24-26(13-43-46-24)45-29(19)25(8-15-6-17(37)10-18(38)7-15)44-27(50)14-49-31-28(30(47-49)32(39)40)20-11-22(20)35(31,41)42/h2-3,6-7,9-10,12-13,20,22,25,32H,4-5,8,11,14H2,1H3,(H,43,46)(H,44,50)(H,48,51). The summed E-state index contributed by atoms with van der Waals surface area (Å²) in [6, 6.07) is 7.11. The average molecular weight is 792 g/mol. The molecule has 3 unspecified atom stereocenters. The van der Waals surface area contributed by atoms with Crippen LogP contribution in [0, 0.1) is 17.6 Å². The number of aromatic amines is 1. The summed E-state index contributed by atoms with van der Waals surface area (Å²) in [6.45, 7) is 0.600. The molecule has 2 aromatic carbocycles. The second-order valence-corrected chi connectivity index (χ2v) is 16.7. The number of sulfonamides is 1. The molecule has 282 valence electrons. The van der Waals surface area contributed by atoms with Crippen LogP contribution in [0.25, 0.3) is 22.2 Å². The van der Waals surface area contributed by atoms with Crippen molar-refractivity contribution in [1.29, 1.82) is 0 Å². The first-order valence-corrected chi connectivity index (χ1v) is 18.5. The maximum atomic E-state index is 15.3. The second kappa shape index (κ2) is 12.5. The van der Waals surface area contributed by atoms with Crippen molar-refractivity contribution in [3.05, 3.63) is 99.1 Å². The summed E-state index contributed by atoms with van der Waals surface area (Å²) < 4.78 is 114. The van der Waals surface area contributed by atoms with Crippen LogP contribution in [-0.4, -0.2) is 49.9 Å². The molecule has 0 aliphatic heterocycles. The van der Waals surface area contributed by atoms with Gasteiger partial charge < -0.3 is 5.32 Å². The van der Waals surface area contributed by atoms with Gasteiger partial charge in [0.1, 0.15) is 35.1 Å². The van der Waals surface area contributed by atoms with Crippen molar-refractivity contribution in [2.75, 3.05) is 0 Å². The van der Waals surface area contributed by atoms with E-state index in [2.05, 4.69) is 30.3 Å². The van der Waals surface area contributed by atoms with E-state index in [9.17, 15) is 35.6 Å². The third kappa shape index (κ3) is 6.18. The maximum Gasteiger partial charge on any atom is 0.293 e. The minimum Gasteiger partial charge on any atom is -0.346 e. The monoisotopic (exact) mass is 791 g/mol. The van der Waals surface area contributed by atoms with E-state index in [1.807, 2.05) is 0 Å². The highest BCUT2D eigenvalue weighted by Gasteiger charge is 2.67. The first-order valence-electron chi connectivity index (χ1n) is 16.7. The SMILES string of the molecule is CC1(S(=O)(=O)NC(=O)c2cc(-c3cc4[nH]ncc4nc3C(Cc3cc(F)cc(F)c3)NC(=O)Cn3nc(C(F)F)c4c3C(F)(F)C3CC43)ccc2Cl)CC1. The topological polar surface area (TPSA) is 152 Å². The van der Waals surface area contributed by atoms with Crippen LogP contribution in [-0.2, 0) is 33.7 Å². The van der Waals surface area contributed by atoms with Gasteiger partial charge in [-0.25, -0.2) is 35.7 Å². The zero-order valence-corrected chi connectivity index (χ0v) is 29.5. The van der Waals surface area contributed by atoms with Crippen molar-refractivity contribution in [2.45, 2.75) is 68.2 Å². The number of hydrogen-bond acceptors (Lipinski definition) is 7. The predicted molar refractivity (Wildman–Crippen MR) is 181 cm³/mol. The van der Waals surface area contributed by atoms with Gasteiger partial charge in [0.2, 0.25) is 15.9 Å². The van der Waals surface area contributed by atoms with Gasteiger partial charge in [0.15, 0.2) is 0 Å². The van der Waals surface area contributed by atoms with Crippen molar-refractivity contribution < 1.29 is 44.3 Å². The second-order valence-electron chi connectivity index (χ2n) is 14.1. The van der Waals surface area contributed by atoms with Gasteiger partial charge in [-0.3, -0.25) is 19.4 Å². The van der Waals surface area contributed by atoms with Gasteiger partial charge in [-0.15, -0.1) is 0 Å². The number of nitrogens with one attached hydrogen (secondary N) is 3. The number of pyridine rings is 1. The van der Waals surface area contributed by atoms with E-state index < -0.39 is 86.4 Å². The van der Waals surface area contributed by atoms with Gasteiger partial charge in [-0.1, -0.05) is 17.7 Å². The van der Waals surface area contributed by atoms with Crippen LogP contribution in [0.3, 0.4) is 0 Å². The maximum absolute atomic E-state index is 15.3. The van der Waals surface area contributed by atoms with E-state index in [0.717, 1.165) is 12.1 Å².